The SMILES string of the molecule is Cc1ccc(-n2cnc(-c3cccc(N)c3)n2)c(C#N)c1. The highest BCUT2D eigenvalue weighted by molar-refractivity contribution is 5.61. The third kappa shape index (κ3) is 2.47. The van der Waals surface area contributed by atoms with E-state index in [1.165, 1.54) is 0 Å². The maximum Gasteiger partial charge on any atom is 0.181 e. The molecule has 102 valence electrons. The Bertz CT molecular complexity index is 842. The van der Waals surface area contributed by atoms with Gasteiger partial charge in [0.15, 0.2) is 5.82 Å². The number of aromatic nitrogens is 3. The number of nitriles is 1. The lowest BCUT2D eigenvalue weighted by Crippen LogP contribution is -1.99. The Hall–Kier alpha value is -3.13. The summed E-state index contributed by atoms with van der Waals surface area (Å²) in [5.41, 5.74) is 9.60. The Morgan fingerprint density at radius 3 is 2.81 bits per heavy atom. The minimum absolute atomic E-state index is 0.569. The Kier molecular flexibility index (Phi) is 3.13. The molecule has 0 fully saturated rings. The molecule has 0 amide bonds. The van der Waals surface area contributed by atoms with E-state index in [9.17, 15) is 5.26 Å². The third-order valence-electron chi connectivity index (χ3n) is 3.16. The molecule has 5 nitrogen and oxygen atoms in total. The maximum atomic E-state index is 9.24. The van der Waals surface area contributed by atoms with Crippen LogP contribution in [-0.2, 0) is 0 Å². The van der Waals surface area contributed by atoms with E-state index in [0.717, 1.165) is 11.1 Å². The largest absolute Gasteiger partial charge is 0.399 e. The van der Waals surface area contributed by atoms with Crippen LogP contribution in [0.1, 0.15) is 11.1 Å². The second-order valence-electron chi connectivity index (χ2n) is 4.77. The van der Waals surface area contributed by atoms with Gasteiger partial charge in [0.25, 0.3) is 0 Å². The third-order valence-corrected chi connectivity index (χ3v) is 3.16. The van der Waals surface area contributed by atoms with Crippen LogP contribution in [0.3, 0.4) is 0 Å². The normalized spacial score (nSPS) is 10.3. The summed E-state index contributed by atoms with van der Waals surface area (Å²) in [5, 5.41) is 13.7. The molecular formula is C16H13N5. The van der Waals surface area contributed by atoms with Crippen molar-refractivity contribution >= 4 is 5.69 Å². The zero-order valence-corrected chi connectivity index (χ0v) is 11.5. The first-order chi connectivity index (χ1) is 10.2. The average molecular weight is 275 g/mol. The van der Waals surface area contributed by atoms with Gasteiger partial charge in [-0.3, -0.25) is 0 Å². The topological polar surface area (TPSA) is 80.5 Å². The van der Waals surface area contributed by atoms with E-state index in [2.05, 4.69) is 16.2 Å². The van der Waals surface area contributed by atoms with Crippen LogP contribution in [0.5, 0.6) is 0 Å². The van der Waals surface area contributed by atoms with Crippen molar-refractivity contribution in [3.05, 3.63) is 59.9 Å². The van der Waals surface area contributed by atoms with Gasteiger partial charge in [0, 0.05) is 11.3 Å². The zero-order valence-electron chi connectivity index (χ0n) is 11.5. The van der Waals surface area contributed by atoms with Crippen molar-refractivity contribution in [3.8, 4) is 23.1 Å². The Labute approximate surface area is 122 Å². The van der Waals surface area contributed by atoms with Gasteiger partial charge in [-0.05, 0) is 36.8 Å². The summed E-state index contributed by atoms with van der Waals surface area (Å²) in [5.74, 6) is 0.576. The van der Waals surface area contributed by atoms with Gasteiger partial charge >= 0.3 is 0 Å². The molecule has 5 heteroatoms. The first kappa shape index (κ1) is 12.9. The fraction of sp³-hybridized carbons (Fsp3) is 0.0625. The number of hydrogen-bond acceptors (Lipinski definition) is 4. The fourth-order valence-corrected chi connectivity index (χ4v) is 2.13. The molecule has 0 saturated heterocycles. The Morgan fingerprint density at radius 1 is 1.19 bits per heavy atom. The van der Waals surface area contributed by atoms with Crippen LogP contribution in [-0.4, -0.2) is 14.8 Å². The Morgan fingerprint density at radius 2 is 2.05 bits per heavy atom. The van der Waals surface area contributed by atoms with Gasteiger partial charge in [-0.1, -0.05) is 18.2 Å². The highest BCUT2D eigenvalue weighted by Crippen LogP contribution is 2.20. The first-order valence-electron chi connectivity index (χ1n) is 6.46. The van der Waals surface area contributed by atoms with Crippen LogP contribution < -0.4 is 5.73 Å². The number of nitrogens with zero attached hydrogens (tertiary/aromatic N) is 4. The molecule has 0 radical (unpaired) electrons. The molecule has 0 aliphatic heterocycles. The summed E-state index contributed by atoms with van der Waals surface area (Å²) in [6.45, 7) is 1.95. The van der Waals surface area contributed by atoms with E-state index >= 15 is 0 Å². The number of hydrogen-bond donors (Lipinski definition) is 1. The summed E-state index contributed by atoms with van der Waals surface area (Å²) in [6, 6.07) is 15.2. The predicted octanol–water partition coefficient (Wildman–Crippen LogP) is 2.70. The van der Waals surface area contributed by atoms with Crippen molar-refractivity contribution in [2.75, 3.05) is 5.73 Å². The number of nitrogen functional groups attached to an aromatic ring is 1. The summed E-state index contributed by atoms with van der Waals surface area (Å²) in [6.07, 6.45) is 1.60. The second kappa shape index (κ2) is 5.10. The lowest BCUT2D eigenvalue weighted by atomic mass is 10.1. The van der Waals surface area contributed by atoms with Crippen LogP contribution in [0, 0.1) is 18.3 Å². The number of benzene rings is 2. The molecule has 2 N–H and O–H groups in total. The molecule has 0 saturated carbocycles. The van der Waals surface area contributed by atoms with Crippen molar-refractivity contribution < 1.29 is 0 Å². The molecule has 1 heterocycles. The second-order valence-corrected chi connectivity index (χ2v) is 4.77. The highest BCUT2D eigenvalue weighted by atomic mass is 15.3. The van der Waals surface area contributed by atoms with Crippen molar-refractivity contribution in [1.29, 1.82) is 5.26 Å². The summed E-state index contributed by atoms with van der Waals surface area (Å²) in [4.78, 5) is 4.29. The van der Waals surface area contributed by atoms with E-state index < -0.39 is 0 Å². The molecule has 0 spiro atoms. The van der Waals surface area contributed by atoms with Crippen LogP contribution in [0.25, 0.3) is 17.1 Å². The minimum Gasteiger partial charge on any atom is -0.399 e. The van der Waals surface area contributed by atoms with Crippen molar-refractivity contribution in [3.63, 3.8) is 0 Å². The van der Waals surface area contributed by atoms with Gasteiger partial charge in [0.05, 0.1) is 11.3 Å². The van der Waals surface area contributed by atoms with Crippen LogP contribution in [0.15, 0.2) is 48.8 Å². The van der Waals surface area contributed by atoms with Crippen molar-refractivity contribution in [2.45, 2.75) is 6.92 Å². The quantitative estimate of drug-likeness (QED) is 0.729. The van der Waals surface area contributed by atoms with Gasteiger partial charge in [0.2, 0.25) is 0 Å². The van der Waals surface area contributed by atoms with Crippen LogP contribution in [0.2, 0.25) is 0 Å². The van der Waals surface area contributed by atoms with Crippen LogP contribution >= 0.6 is 0 Å². The first-order valence-corrected chi connectivity index (χ1v) is 6.46. The molecule has 1 aromatic heterocycles. The molecule has 0 bridgehead atoms. The van der Waals surface area contributed by atoms with Crippen molar-refractivity contribution in [2.24, 2.45) is 0 Å². The average Bonchev–Trinajstić information content (AvgIpc) is 2.96. The Balaban J connectivity index is 2.05. The molecule has 3 rings (SSSR count). The summed E-state index contributed by atoms with van der Waals surface area (Å²) in [7, 11) is 0. The summed E-state index contributed by atoms with van der Waals surface area (Å²) < 4.78 is 1.61. The molecule has 21 heavy (non-hydrogen) atoms. The predicted molar refractivity (Wildman–Crippen MR) is 80.7 cm³/mol. The fourth-order valence-electron chi connectivity index (χ4n) is 2.13. The standard InChI is InChI=1S/C16H13N5/c1-11-5-6-15(13(7-11)9-17)21-10-19-16(20-21)12-3-2-4-14(18)8-12/h2-8,10H,18H2,1H3. The van der Waals surface area contributed by atoms with Crippen molar-refractivity contribution in [1.82, 2.24) is 14.8 Å². The van der Waals surface area contributed by atoms with E-state index in [1.807, 2.05) is 49.4 Å². The van der Waals surface area contributed by atoms with Gasteiger partial charge in [-0.15, -0.1) is 5.10 Å². The lowest BCUT2D eigenvalue weighted by Gasteiger charge is -2.04. The van der Waals surface area contributed by atoms with Gasteiger partial charge in [-0.2, -0.15) is 5.26 Å². The number of nitrogens with two attached hydrogens (primary N) is 1. The monoisotopic (exact) mass is 275 g/mol. The minimum atomic E-state index is 0.569. The van der Waals surface area contributed by atoms with E-state index in [0.29, 0.717) is 22.8 Å². The number of aryl methyl sites for hydroxylation is 1. The smallest absolute Gasteiger partial charge is 0.181 e. The highest BCUT2D eigenvalue weighted by Gasteiger charge is 2.09. The van der Waals surface area contributed by atoms with E-state index in [1.54, 1.807) is 11.0 Å². The number of anilines is 1. The maximum absolute atomic E-state index is 9.24. The van der Waals surface area contributed by atoms with Gasteiger partial charge < -0.3 is 5.73 Å². The van der Waals surface area contributed by atoms with Crippen LogP contribution in [0.4, 0.5) is 5.69 Å². The summed E-state index contributed by atoms with van der Waals surface area (Å²) >= 11 is 0. The molecule has 3 aromatic rings. The molecule has 0 unspecified atom stereocenters. The zero-order chi connectivity index (χ0) is 14.8. The molecule has 0 atom stereocenters. The molecule has 0 aliphatic rings. The number of rotatable bonds is 2. The van der Waals surface area contributed by atoms with Gasteiger partial charge in [-0.25, -0.2) is 9.67 Å². The molecular weight excluding hydrogens is 262 g/mol. The van der Waals surface area contributed by atoms with E-state index in [-0.39, 0.29) is 0 Å². The lowest BCUT2D eigenvalue weighted by molar-refractivity contribution is 0.878. The molecule has 0 aliphatic carbocycles. The van der Waals surface area contributed by atoms with E-state index in [4.69, 9.17) is 5.73 Å². The molecule has 2 aromatic carbocycles. The van der Waals surface area contributed by atoms with Gasteiger partial charge in [0.1, 0.15) is 12.4 Å².